The van der Waals surface area contributed by atoms with Crippen LogP contribution in [-0.4, -0.2) is 38.2 Å². The molecule has 0 spiro atoms. The Hall–Kier alpha value is -3.65. The van der Waals surface area contributed by atoms with E-state index in [-0.39, 0.29) is 0 Å². The number of benzene rings is 2. The number of pyridine rings is 1. The van der Waals surface area contributed by atoms with Gasteiger partial charge in [0.25, 0.3) is 0 Å². The molecule has 5 rings (SSSR count). The minimum Gasteiger partial charge on any atom is -0.497 e. The summed E-state index contributed by atoms with van der Waals surface area (Å²) in [6.45, 7) is 1.68. The lowest BCUT2D eigenvalue weighted by Crippen LogP contribution is -2.05. The molecule has 3 heterocycles. The lowest BCUT2D eigenvalue weighted by atomic mass is 10.1. The molecule has 3 aromatic heterocycles. The molecule has 9 heteroatoms. The van der Waals surface area contributed by atoms with E-state index in [2.05, 4.69) is 20.3 Å². The molecule has 0 bridgehead atoms. The fourth-order valence-electron chi connectivity index (χ4n) is 4.07. The number of imidazole rings is 1. The van der Waals surface area contributed by atoms with Gasteiger partial charge in [0.1, 0.15) is 17.6 Å². The van der Waals surface area contributed by atoms with Crippen LogP contribution in [-0.2, 0) is 6.54 Å². The Labute approximate surface area is 195 Å². The largest absolute Gasteiger partial charge is 0.497 e. The van der Waals surface area contributed by atoms with Gasteiger partial charge in [0, 0.05) is 28.9 Å². The summed E-state index contributed by atoms with van der Waals surface area (Å²) in [5.74, 6) is 1.22. The number of aromatic nitrogens is 5. The topological polar surface area (TPSA) is 104 Å². The number of nitrogens with zero attached hydrogens (tertiary/aromatic N) is 5. The summed E-state index contributed by atoms with van der Waals surface area (Å²) in [7, 11) is 1.67. The molecule has 0 saturated heterocycles. The molecule has 0 aliphatic rings. The Morgan fingerprint density at radius 1 is 1.00 bits per heavy atom. The van der Waals surface area contributed by atoms with E-state index < -0.39 is 0 Å². The van der Waals surface area contributed by atoms with Gasteiger partial charge >= 0.3 is 0 Å². The zero-order valence-corrected chi connectivity index (χ0v) is 19.0. The van der Waals surface area contributed by atoms with E-state index in [1.54, 1.807) is 13.4 Å². The van der Waals surface area contributed by atoms with E-state index in [0.29, 0.717) is 16.4 Å². The molecule has 0 saturated carbocycles. The summed E-state index contributed by atoms with van der Waals surface area (Å²) >= 11 is 6.22. The number of rotatable bonds is 8. The van der Waals surface area contributed by atoms with Crippen molar-refractivity contribution in [2.75, 3.05) is 24.7 Å². The van der Waals surface area contributed by atoms with Gasteiger partial charge in [-0.1, -0.05) is 11.6 Å². The van der Waals surface area contributed by atoms with Gasteiger partial charge in [-0.25, -0.2) is 19.9 Å². The third kappa shape index (κ3) is 4.21. The first-order valence-corrected chi connectivity index (χ1v) is 11.2. The molecule has 0 radical (unpaired) electrons. The minimum atomic E-state index is 0.415. The number of hydrogen-bond donors (Lipinski definition) is 2. The highest BCUT2D eigenvalue weighted by atomic mass is 35.5. The minimum absolute atomic E-state index is 0.415. The average Bonchev–Trinajstić information content (AvgIpc) is 3.24. The summed E-state index contributed by atoms with van der Waals surface area (Å²) in [5, 5.41) is 6.39. The molecule has 8 nitrogen and oxygen atoms in total. The van der Waals surface area contributed by atoms with E-state index in [1.165, 1.54) is 6.33 Å². The van der Waals surface area contributed by atoms with Crippen molar-refractivity contribution in [1.29, 1.82) is 0 Å². The quantitative estimate of drug-likeness (QED) is 0.246. The molecular weight excluding hydrogens is 438 g/mol. The van der Waals surface area contributed by atoms with Crippen molar-refractivity contribution < 1.29 is 4.74 Å². The van der Waals surface area contributed by atoms with Gasteiger partial charge in [-0.05, 0) is 55.7 Å². The highest BCUT2D eigenvalue weighted by Crippen LogP contribution is 2.34. The van der Waals surface area contributed by atoms with Crippen molar-refractivity contribution in [1.82, 2.24) is 24.5 Å². The van der Waals surface area contributed by atoms with E-state index >= 15 is 0 Å². The first kappa shape index (κ1) is 21.2. The lowest BCUT2D eigenvalue weighted by molar-refractivity contribution is 0.415. The first-order chi connectivity index (χ1) is 16.1. The number of methoxy groups -OCH3 is 1. The standard InChI is InChI=1S/C24H24ClN7O/c1-33-16-6-8-19-18(12-16)21(17-7-5-15(25)11-20(17)31-19)27-9-3-2-4-10-32-14-30-22-23(26)28-13-29-24(22)32/h5-8,11-14H,2-4,9-10H2,1H3,(H,27,31)(H2,26,28,29). The molecule has 33 heavy (non-hydrogen) atoms. The zero-order chi connectivity index (χ0) is 22.8. The number of nitrogens with two attached hydrogens (primary N) is 1. The summed E-state index contributed by atoms with van der Waals surface area (Å²) in [5.41, 5.74) is 10.1. The number of unbranched alkanes of at least 4 members (excludes halogenated alkanes) is 2. The number of fused-ring (bicyclic) bond motifs is 3. The number of anilines is 2. The highest BCUT2D eigenvalue weighted by Gasteiger charge is 2.11. The maximum absolute atomic E-state index is 6.22. The molecular formula is C24H24ClN7O. The third-order valence-corrected chi connectivity index (χ3v) is 5.99. The van der Waals surface area contributed by atoms with Crippen LogP contribution in [0.4, 0.5) is 11.5 Å². The smallest absolute Gasteiger partial charge is 0.165 e. The van der Waals surface area contributed by atoms with E-state index in [1.807, 2.05) is 41.0 Å². The van der Waals surface area contributed by atoms with Gasteiger partial charge in [0.15, 0.2) is 11.5 Å². The second-order valence-electron chi connectivity index (χ2n) is 7.89. The molecule has 2 aromatic carbocycles. The monoisotopic (exact) mass is 461 g/mol. The molecule has 5 aromatic rings. The van der Waals surface area contributed by atoms with Crippen molar-refractivity contribution in [3.05, 3.63) is 54.1 Å². The van der Waals surface area contributed by atoms with Crippen LogP contribution in [0.5, 0.6) is 5.75 Å². The van der Waals surface area contributed by atoms with E-state index in [9.17, 15) is 0 Å². The molecule has 0 unspecified atom stereocenters. The Morgan fingerprint density at radius 3 is 2.79 bits per heavy atom. The Kier molecular flexibility index (Phi) is 5.83. The number of hydrogen-bond acceptors (Lipinski definition) is 7. The summed E-state index contributed by atoms with van der Waals surface area (Å²) in [6.07, 6.45) is 6.35. The van der Waals surface area contributed by atoms with Gasteiger partial charge in [-0.15, -0.1) is 0 Å². The predicted molar refractivity (Wildman–Crippen MR) is 133 cm³/mol. The van der Waals surface area contributed by atoms with Crippen LogP contribution >= 0.6 is 11.6 Å². The third-order valence-electron chi connectivity index (χ3n) is 5.75. The van der Waals surface area contributed by atoms with Crippen LogP contribution in [0.1, 0.15) is 19.3 Å². The lowest BCUT2D eigenvalue weighted by Gasteiger charge is -2.14. The van der Waals surface area contributed by atoms with Crippen molar-refractivity contribution in [2.45, 2.75) is 25.8 Å². The Morgan fingerprint density at radius 2 is 1.91 bits per heavy atom. The molecule has 0 atom stereocenters. The van der Waals surface area contributed by atoms with Crippen molar-refractivity contribution >= 4 is 56.1 Å². The fraction of sp³-hybridized carbons (Fsp3) is 0.250. The Bertz CT molecular complexity index is 1450. The molecule has 0 aliphatic carbocycles. The maximum Gasteiger partial charge on any atom is 0.165 e. The van der Waals surface area contributed by atoms with Gasteiger partial charge in [-0.2, -0.15) is 0 Å². The molecule has 0 fully saturated rings. The summed E-state index contributed by atoms with van der Waals surface area (Å²) in [4.78, 5) is 17.4. The fourth-order valence-corrected chi connectivity index (χ4v) is 4.24. The van der Waals surface area contributed by atoms with Crippen molar-refractivity contribution in [3.63, 3.8) is 0 Å². The van der Waals surface area contributed by atoms with Gasteiger partial charge in [0.2, 0.25) is 0 Å². The predicted octanol–water partition coefficient (Wildman–Crippen LogP) is 5.05. The average molecular weight is 462 g/mol. The number of nitrogen functional groups attached to an aromatic ring is 1. The molecule has 3 N–H and O–H groups in total. The first-order valence-electron chi connectivity index (χ1n) is 10.9. The highest BCUT2D eigenvalue weighted by molar-refractivity contribution is 6.31. The molecule has 0 aliphatic heterocycles. The van der Waals surface area contributed by atoms with Crippen molar-refractivity contribution in [2.24, 2.45) is 0 Å². The van der Waals surface area contributed by atoms with E-state index in [4.69, 9.17) is 27.1 Å². The van der Waals surface area contributed by atoms with Crippen LogP contribution in [0.15, 0.2) is 49.1 Å². The van der Waals surface area contributed by atoms with Gasteiger partial charge < -0.3 is 20.4 Å². The normalized spacial score (nSPS) is 11.5. The van der Waals surface area contributed by atoms with Crippen LogP contribution in [0.25, 0.3) is 33.0 Å². The summed E-state index contributed by atoms with van der Waals surface area (Å²) in [6, 6.07) is 11.7. The Balaban J connectivity index is 1.28. The van der Waals surface area contributed by atoms with Gasteiger partial charge in [-0.3, -0.25) is 0 Å². The number of halogens is 1. The SMILES string of the molecule is COc1ccc2nc3cc(Cl)ccc3c(NCCCCCn3cnc4c(N)ncnc43)c2c1. The molecule has 0 amide bonds. The number of aryl methyl sites for hydroxylation is 1. The second-order valence-corrected chi connectivity index (χ2v) is 8.32. The van der Waals surface area contributed by atoms with Crippen LogP contribution in [0, 0.1) is 0 Å². The van der Waals surface area contributed by atoms with E-state index in [0.717, 1.165) is 71.2 Å². The second kappa shape index (κ2) is 9.07. The van der Waals surface area contributed by atoms with Crippen LogP contribution in [0.2, 0.25) is 5.02 Å². The van der Waals surface area contributed by atoms with Crippen molar-refractivity contribution in [3.8, 4) is 5.75 Å². The maximum atomic E-state index is 6.22. The van der Waals surface area contributed by atoms with Crippen LogP contribution in [0.3, 0.4) is 0 Å². The number of ether oxygens (including phenoxy) is 1. The summed E-state index contributed by atoms with van der Waals surface area (Å²) < 4.78 is 7.47. The van der Waals surface area contributed by atoms with Gasteiger partial charge in [0.05, 0.1) is 30.2 Å². The molecule has 168 valence electrons. The van der Waals surface area contributed by atoms with Crippen LogP contribution < -0.4 is 15.8 Å². The number of nitrogens with one attached hydrogen (secondary N) is 1. The zero-order valence-electron chi connectivity index (χ0n) is 18.3.